The average Bonchev–Trinajstić information content (AvgIpc) is 3.24. The molecule has 0 bridgehead atoms. The van der Waals surface area contributed by atoms with E-state index in [1.165, 1.54) is 6.26 Å². The predicted molar refractivity (Wildman–Crippen MR) is 93.9 cm³/mol. The van der Waals surface area contributed by atoms with E-state index >= 15 is 0 Å². The van der Waals surface area contributed by atoms with Crippen LogP contribution in [0.2, 0.25) is 0 Å². The van der Waals surface area contributed by atoms with Crippen molar-refractivity contribution in [3.05, 3.63) is 48.6 Å². The van der Waals surface area contributed by atoms with Crippen LogP contribution in [0.3, 0.4) is 0 Å². The number of amides is 1. The molecule has 26 heavy (non-hydrogen) atoms. The van der Waals surface area contributed by atoms with E-state index in [2.05, 4.69) is 20.2 Å². The highest BCUT2D eigenvalue weighted by molar-refractivity contribution is 7.92. The number of benzene rings is 1. The predicted octanol–water partition coefficient (Wildman–Crippen LogP) is 2.27. The van der Waals surface area contributed by atoms with Gasteiger partial charge in [0.1, 0.15) is 0 Å². The highest BCUT2D eigenvalue weighted by atomic mass is 32.2. The van der Waals surface area contributed by atoms with Crippen molar-refractivity contribution in [2.24, 2.45) is 0 Å². The van der Waals surface area contributed by atoms with Gasteiger partial charge in [-0.15, -0.1) is 0 Å². The van der Waals surface area contributed by atoms with Crippen LogP contribution >= 0.6 is 0 Å². The molecular weight excluding hydrogens is 360 g/mol. The Balaban J connectivity index is 1.51. The Morgan fingerprint density at radius 3 is 2.54 bits per heavy atom. The molecule has 1 amide bonds. The van der Waals surface area contributed by atoms with E-state index in [1.807, 2.05) is 0 Å². The summed E-state index contributed by atoms with van der Waals surface area (Å²) < 4.78 is 34.9. The fraction of sp³-hybridized carbons (Fsp3) is 0.188. The number of sulfonamides is 1. The van der Waals surface area contributed by atoms with Gasteiger partial charge in [0.2, 0.25) is 27.6 Å². The third-order valence-corrected chi connectivity index (χ3v) is 3.85. The fourth-order valence-electron chi connectivity index (χ4n) is 2.14. The lowest BCUT2D eigenvalue weighted by molar-refractivity contribution is -0.116. The maximum atomic E-state index is 12.0. The summed E-state index contributed by atoms with van der Waals surface area (Å²) in [5, 5.41) is 6.50. The van der Waals surface area contributed by atoms with Gasteiger partial charge in [-0.25, -0.2) is 8.42 Å². The average molecular weight is 376 g/mol. The van der Waals surface area contributed by atoms with Crippen LogP contribution in [-0.2, 0) is 21.2 Å². The molecule has 10 heteroatoms. The topological polar surface area (TPSA) is 127 Å². The van der Waals surface area contributed by atoms with E-state index in [0.717, 1.165) is 6.26 Å². The number of aromatic nitrogens is 2. The molecule has 0 saturated heterocycles. The molecule has 0 saturated carbocycles. The van der Waals surface area contributed by atoms with E-state index in [9.17, 15) is 13.2 Å². The van der Waals surface area contributed by atoms with Crippen molar-refractivity contribution < 1.29 is 22.2 Å². The van der Waals surface area contributed by atoms with Crippen LogP contribution in [0.1, 0.15) is 12.3 Å². The van der Waals surface area contributed by atoms with Crippen LogP contribution in [-0.4, -0.2) is 30.7 Å². The molecule has 0 unspecified atom stereocenters. The standard InChI is InChI=1S/C16H16N4O5S/c1-26(22,23)20-12-6-4-11(5-7-12)17-14(21)8-9-15-18-16(19-25-15)13-3-2-10-24-13/h2-7,10,20H,8-9H2,1H3,(H,17,21). The lowest BCUT2D eigenvalue weighted by Crippen LogP contribution is -2.13. The Morgan fingerprint density at radius 2 is 1.88 bits per heavy atom. The quantitative estimate of drug-likeness (QED) is 0.647. The third kappa shape index (κ3) is 4.93. The summed E-state index contributed by atoms with van der Waals surface area (Å²) in [4.78, 5) is 16.2. The van der Waals surface area contributed by atoms with Gasteiger partial charge in [0.15, 0.2) is 5.76 Å². The Hall–Kier alpha value is -3.14. The van der Waals surface area contributed by atoms with Crippen LogP contribution in [0.15, 0.2) is 51.6 Å². The van der Waals surface area contributed by atoms with Gasteiger partial charge in [0.05, 0.1) is 12.5 Å². The van der Waals surface area contributed by atoms with Crippen molar-refractivity contribution in [2.75, 3.05) is 16.3 Å². The van der Waals surface area contributed by atoms with Crippen LogP contribution in [0.4, 0.5) is 11.4 Å². The first-order chi connectivity index (χ1) is 12.4. The van der Waals surface area contributed by atoms with Gasteiger partial charge in [-0.3, -0.25) is 9.52 Å². The van der Waals surface area contributed by atoms with E-state index in [1.54, 1.807) is 36.4 Å². The van der Waals surface area contributed by atoms with Crippen molar-refractivity contribution in [1.82, 2.24) is 10.1 Å². The molecule has 0 aliphatic carbocycles. The Kier molecular flexibility index (Phi) is 5.03. The molecule has 0 aliphatic heterocycles. The van der Waals surface area contributed by atoms with E-state index in [4.69, 9.17) is 8.94 Å². The number of carbonyl (C=O) groups excluding carboxylic acids is 1. The van der Waals surface area contributed by atoms with Crippen molar-refractivity contribution in [3.8, 4) is 11.6 Å². The lowest BCUT2D eigenvalue weighted by Gasteiger charge is -2.07. The fourth-order valence-corrected chi connectivity index (χ4v) is 2.71. The number of hydrogen-bond acceptors (Lipinski definition) is 7. The molecule has 3 rings (SSSR count). The highest BCUT2D eigenvalue weighted by Gasteiger charge is 2.12. The highest BCUT2D eigenvalue weighted by Crippen LogP contribution is 2.17. The van der Waals surface area contributed by atoms with E-state index in [0.29, 0.717) is 28.9 Å². The first-order valence-electron chi connectivity index (χ1n) is 7.63. The first kappa shape index (κ1) is 17.7. The van der Waals surface area contributed by atoms with Gasteiger partial charge < -0.3 is 14.3 Å². The Labute approximate surface area is 149 Å². The van der Waals surface area contributed by atoms with Gasteiger partial charge in [-0.05, 0) is 36.4 Å². The number of aryl methyl sites for hydroxylation is 1. The summed E-state index contributed by atoms with van der Waals surface area (Å²) in [5.41, 5.74) is 0.970. The maximum Gasteiger partial charge on any atom is 0.238 e. The molecule has 0 atom stereocenters. The number of nitrogens with one attached hydrogen (secondary N) is 2. The summed E-state index contributed by atoms with van der Waals surface area (Å²) >= 11 is 0. The second kappa shape index (κ2) is 7.40. The first-order valence-corrected chi connectivity index (χ1v) is 9.52. The number of carbonyl (C=O) groups is 1. The van der Waals surface area contributed by atoms with Crippen molar-refractivity contribution in [1.29, 1.82) is 0 Å². The molecule has 2 heterocycles. The molecule has 0 fully saturated rings. The third-order valence-electron chi connectivity index (χ3n) is 3.25. The second-order valence-electron chi connectivity index (χ2n) is 5.49. The number of furan rings is 1. The zero-order valence-corrected chi connectivity index (χ0v) is 14.6. The molecule has 136 valence electrons. The normalized spacial score (nSPS) is 11.3. The van der Waals surface area contributed by atoms with Gasteiger partial charge in [0.25, 0.3) is 0 Å². The molecule has 0 radical (unpaired) electrons. The molecule has 0 aliphatic rings. The minimum atomic E-state index is -3.33. The second-order valence-corrected chi connectivity index (χ2v) is 7.24. The zero-order chi connectivity index (χ0) is 18.6. The zero-order valence-electron chi connectivity index (χ0n) is 13.8. The minimum Gasteiger partial charge on any atom is -0.461 e. The molecule has 2 aromatic heterocycles. The summed E-state index contributed by atoms with van der Waals surface area (Å²) in [5.74, 6) is 0.928. The molecule has 2 N–H and O–H groups in total. The maximum absolute atomic E-state index is 12.0. The largest absolute Gasteiger partial charge is 0.461 e. The summed E-state index contributed by atoms with van der Waals surface area (Å²) in [7, 11) is -3.33. The van der Waals surface area contributed by atoms with Gasteiger partial charge in [-0.1, -0.05) is 5.16 Å². The van der Waals surface area contributed by atoms with E-state index in [-0.39, 0.29) is 18.7 Å². The molecular formula is C16H16N4O5S. The van der Waals surface area contributed by atoms with Crippen LogP contribution in [0.25, 0.3) is 11.6 Å². The molecule has 9 nitrogen and oxygen atoms in total. The number of nitrogens with zero attached hydrogens (tertiary/aromatic N) is 2. The number of hydrogen-bond donors (Lipinski definition) is 2. The Morgan fingerprint density at radius 1 is 1.15 bits per heavy atom. The SMILES string of the molecule is CS(=O)(=O)Nc1ccc(NC(=O)CCc2nc(-c3ccco3)no2)cc1. The van der Waals surface area contributed by atoms with Gasteiger partial charge >= 0.3 is 0 Å². The minimum absolute atomic E-state index is 0.156. The monoisotopic (exact) mass is 376 g/mol. The molecule has 3 aromatic rings. The van der Waals surface area contributed by atoms with Crippen molar-refractivity contribution >= 4 is 27.3 Å². The summed E-state index contributed by atoms with van der Waals surface area (Å²) in [6.45, 7) is 0. The summed E-state index contributed by atoms with van der Waals surface area (Å²) in [6.07, 6.45) is 3.02. The smallest absolute Gasteiger partial charge is 0.238 e. The number of anilines is 2. The summed E-state index contributed by atoms with van der Waals surface area (Å²) in [6, 6.07) is 9.76. The van der Waals surface area contributed by atoms with Crippen LogP contribution < -0.4 is 10.0 Å². The van der Waals surface area contributed by atoms with Crippen molar-refractivity contribution in [3.63, 3.8) is 0 Å². The van der Waals surface area contributed by atoms with Crippen molar-refractivity contribution in [2.45, 2.75) is 12.8 Å². The van der Waals surface area contributed by atoms with Gasteiger partial charge in [-0.2, -0.15) is 4.98 Å². The van der Waals surface area contributed by atoms with Crippen LogP contribution in [0, 0.1) is 0 Å². The molecule has 0 spiro atoms. The van der Waals surface area contributed by atoms with Gasteiger partial charge in [0, 0.05) is 24.2 Å². The van der Waals surface area contributed by atoms with Crippen LogP contribution in [0.5, 0.6) is 0 Å². The Bertz CT molecular complexity index is 978. The van der Waals surface area contributed by atoms with E-state index < -0.39 is 10.0 Å². The molecule has 1 aromatic carbocycles. The number of rotatable bonds is 7. The lowest BCUT2D eigenvalue weighted by atomic mass is 10.2.